The van der Waals surface area contributed by atoms with Crippen molar-refractivity contribution in [3.8, 4) is 5.75 Å². The van der Waals surface area contributed by atoms with Gasteiger partial charge in [-0.25, -0.2) is 0 Å². The number of phenols is 1. The molecule has 0 aromatic heterocycles. The molecule has 4 aliphatic rings. The third-order valence-corrected chi connectivity index (χ3v) is 6.35. The van der Waals surface area contributed by atoms with Crippen LogP contribution in [0.1, 0.15) is 44.1 Å². The number of rotatable bonds is 2. The van der Waals surface area contributed by atoms with E-state index in [0.29, 0.717) is 5.69 Å². The van der Waals surface area contributed by atoms with E-state index in [1.54, 1.807) is 6.07 Å². The summed E-state index contributed by atoms with van der Waals surface area (Å²) in [5.74, 6) is 2.39. The van der Waals surface area contributed by atoms with Crippen LogP contribution < -0.4 is 10.6 Å². The van der Waals surface area contributed by atoms with Gasteiger partial charge in [-0.15, -0.1) is 0 Å². The predicted molar refractivity (Wildman–Crippen MR) is 97.8 cm³/mol. The molecule has 128 valence electrons. The zero-order chi connectivity index (χ0) is 16.9. The Kier molecular flexibility index (Phi) is 3.79. The zero-order valence-electron chi connectivity index (χ0n) is 14.0. The Labute approximate surface area is 148 Å². The lowest BCUT2D eigenvalue weighted by atomic mass is 9.49. The molecule has 4 aliphatic carbocycles. The first-order chi connectivity index (χ1) is 11.4. The maximum absolute atomic E-state index is 12.9. The molecule has 4 bridgehead atoms. The van der Waals surface area contributed by atoms with Crippen molar-refractivity contribution >= 4 is 28.9 Å². The Morgan fingerprint density at radius 1 is 1.17 bits per heavy atom. The number of amides is 1. The first-order valence-electron chi connectivity index (χ1n) is 8.85. The maximum Gasteiger partial charge on any atom is 0.232 e. The van der Waals surface area contributed by atoms with E-state index >= 15 is 0 Å². The second-order valence-corrected chi connectivity index (χ2v) is 8.53. The van der Waals surface area contributed by atoms with Crippen LogP contribution in [0.3, 0.4) is 0 Å². The number of thiocarbonyl (C=S) groups is 1. The van der Waals surface area contributed by atoms with Crippen LogP contribution in [0, 0.1) is 30.1 Å². The molecule has 0 heterocycles. The summed E-state index contributed by atoms with van der Waals surface area (Å²) < 4.78 is 0. The average molecular weight is 344 g/mol. The standard InChI is InChI=1S/C19H24N2O2S/c1-11-2-3-16(22)15(4-11)20-18(24)21-17(23)19-8-12-5-13(9-19)7-14(6-12)10-19/h2-4,12-14,22H,5-10H2,1H3,(H2,20,21,23,24). The third-order valence-electron chi connectivity index (χ3n) is 6.15. The summed E-state index contributed by atoms with van der Waals surface area (Å²) in [7, 11) is 0. The molecule has 0 atom stereocenters. The first-order valence-corrected chi connectivity index (χ1v) is 9.26. The van der Waals surface area contributed by atoms with E-state index in [2.05, 4.69) is 10.6 Å². The summed E-state index contributed by atoms with van der Waals surface area (Å²) in [6.45, 7) is 1.95. The van der Waals surface area contributed by atoms with Crippen molar-refractivity contribution in [2.45, 2.75) is 45.4 Å². The van der Waals surface area contributed by atoms with E-state index in [1.165, 1.54) is 19.3 Å². The minimum Gasteiger partial charge on any atom is -0.506 e. The SMILES string of the molecule is Cc1ccc(O)c(NC(=S)NC(=O)C23CC4CC(CC(C4)C2)C3)c1. The Morgan fingerprint density at radius 3 is 2.33 bits per heavy atom. The van der Waals surface area contributed by atoms with Gasteiger partial charge in [-0.05, 0) is 93.1 Å². The van der Waals surface area contributed by atoms with Crippen LogP contribution in [0.5, 0.6) is 5.75 Å². The molecule has 3 N–H and O–H groups in total. The molecule has 0 saturated heterocycles. The monoisotopic (exact) mass is 344 g/mol. The summed E-state index contributed by atoms with van der Waals surface area (Å²) in [6.07, 6.45) is 6.99. The maximum atomic E-state index is 12.9. The van der Waals surface area contributed by atoms with Gasteiger partial charge in [-0.2, -0.15) is 0 Å². The van der Waals surface area contributed by atoms with Gasteiger partial charge in [0, 0.05) is 0 Å². The molecule has 1 amide bonds. The smallest absolute Gasteiger partial charge is 0.232 e. The van der Waals surface area contributed by atoms with Gasteiger partial charge in [0.1, 0.15) is 5.75 Å². The van der Waals surface area contributed by atoms with Gasteiger partial charge in [0.2, 0.25) is 5.91 Å². The van der Waals surface area contributed by atoms with Crippen molar-refractivity contribution in [2.24, 2.45) is 23.2 Å². The largest absolute Gasteiger partial charge is 0.506 e. The molecule has 4 nitrogen and oxygen atoms in total. The molecule has 1 aromatic carbocycles. The number of hydrogen-bond donors (Lipinski definition) is 3. The Balaban J connectivity index is 1.44. The predicted octanol–water partition coefficient (Wildman–Crippen LogP) is 3.73. The second kappa shape index (κ2) is 5.73. The van der Waals surface area contributed by atoms with Crippen molar-refractivity contribution in [2.75, 3.05) is 5.32 Å². The third kappa shape index (κ3) is 2.79. The number of nitrogens with one attached hydrogen (secondary N) is 2. The highest BCUT2D eigenvalue weighted by Crippen LogP contribution is 2.60. The van der Waals surface area contributed by atoms with E-state index in [-0.39, 0.29) is 22.2 Å². The number of hydrogen-bond acceptors (Lipinski definition) is 3. The highest BCUT2D eigenvalue weighted by atomic mass is 32.1. The quantitative estimate of drug-likeness (QED) is 0.565. The summed E-state index contributed by atoms with van der Waals surface area (Å²) in [5.41, 5.74) is 1.34. The van der Waals surface area contributed by atoms with Gasteiger partial charge in [0.05, 0.1) is 11.1 Å². The molecule has 4 saturated carbocycles. The minimum absolute atomic E-state index is 0.0752. The first kappa shape index (κ1) is 15.9. The highest BCUT2D eigenvalue weighted by molar-refractivity contribution is 7.80. The van der Waals surface area contributed by atoms with Crippen molar-refractivity contribution in [1.82, 2.24) is 5.32 Å². The van der Waals surface area contributed by atoms with Crippen molar-refractivity contribution in [3.63, 3.8) is 0 Å². The van der Waals surface area contributed by atoms with Crippen LogP contribution in [0.15, 0.2) is 18.2 Å². The highest BCUT2D eigenvalue weighted by Gasteiger charge is 2.54. The number of aryl methyl sites for hydroxylation is 1. The average Bonchev–Trinajstić information content (AvgIpc) is 2.49. The van der Waals surface area contributed by atoms with Crippen LogP contribution in [0.25, 0.3) is 0 Å². The molecule has 4 fully saturated rings. The zero-order valence-corrected chi connectivity index (χ0v) is 14.8. The lowest BCUT2D eigenvalue weighted by Gasteiger charge is -2.55. The molecule has 5 rings (SSSR count). The molecule has 0 radical (unpaired) electrons. The van der Waals surface area contributed by atoms with Gasteiger partial charge in [0.15, 0.2) is 5.11 Å². The van der Waals surface area contributed by atoms with E-state index in [9.17, 15) is 9.90 Å². The van der Waals surface area contributed by atoms with Crippen LogP contribution >= 0.6 is 12.2 Å². The van der Waals surface area contributed by atoms with E-state index in [1.807, 2.05) is 19.1 Å². The number of carbonyl (C=O) groups is 1. The number of benzene rings is 1. The minimum atomic E-state index is -0.213. The van der Waals surface area contributed by atoms with Crippen LogP contribution in [0.4, 0.5) is 5.69 Å². The summed E-state index contributed by atoms with van der Waals surface area (Å²) >= 11 is 5.32. The normalized spacial score (nSPS) is 33.3. The van der Waals surface area contributed by atoms with Gasteiger partial charge in [-0.3, -0.25) is 4.79 Å². The van der Waals surface area contributed by atoms with E-state index < -0.39 is 0 Å². The molecule has 24 heavy (non-hydrogen) atoms. The number of anilines is 1. The summed E-state index contributed by atoms with van der Waals surface area (Å²) in [4.78, 5) is 12.9. The molecule has 5 heteroatoms. The number of aromatic hydroxyl groups is 1. The van der Waals surface area contributed by atoms with Gasteiger partial charge < -0.3 is 15.7 Å². The van der Waals surface area contributed by atoms with Crippen LogP contribution in [-0.2, 0) is 4.79 Å². The lowest BCUT2D eigenvalue weighted by Crippen LogP contribution is -2.55. The Hall–Kier alpha value is -1.62. The molecular weight excluding hydrogens is 320 g/mol. The second-order valence-electron chi connectivity index (χ2n) is 8.13. The Morgan fingerprint density at radius 2 is 1.75 bits per heavy atom. The topological polar surface area (TPSA) is 61.4 Å². The van der Waals surface area contributed by atoms with Crippen molar-refractivity contribution in [1.29, 1.82) is 0 Å². The van der Waals surface area contributed by atoms with Crippen LogP contribution in [0.2, 0.25) is 0 Å². The summed E-state index contributed by atoms with van der Waals surface area (Å²) in [5, 5.41) is 16.1. The molecule has 0 aliphatic heterocycles. The van der Waals surface area contributed by atoms with Gasteiger partial charge >= 0.3 is 0 Å². The fraction of sp³-hybridized carbons (Fsp3) is 0.579. The van der Waals surface area contributed by atoms with Crippen molar-refractivity contribution in [3.05, 3.63) is 23.8 Å². The van der Waals surface area contributed by atoms with E-state index in [4.69, 9.17) is 12.2 Å². The van der Waals surface area contributed by atoms with Crippen molar-refractivity contribution < 1.29 is 9.90 Å². The molecule has 0 spiro atoms. The molecular formula is C19H24N2O2S. The van der Waals surface area contributed by atoms with E-state index in [0.717, 1.165) is 42.6 Å². The van der Waals surface area contributed by atoms with Gasteiger partial charge in [0.25, 0.3) is 0 Å². The fourth-order valence-corrected chi connectivity index (χ4v) is 5.73. The van der Waals surface area contributed by atoms with Gasteiger partial charge in [-0.1, -0.05) is 6.07 Å². The number of carbonyl (C=O) groups excluding carboxylic acids is 1. The summed E-state index contributed by atoms with van der Waals surface area (Å²) in [6, 6.07) is 5.28. The molecule has 0 unspecified atom stereocenters. The molecule has 1 aromatic rings. The number of phenolic OH excluding ortho intramolecular Hbond substituents is 1. The Bertz CT molecular complexity index is 665. The van der Waals surface area contributed by atoms with Crippen LogP contribution in [-0.4, -0.2) is 16.1 Å². The fourth-order valence-electron chi connectivity index (χ4n) is 5.53. The lowest BCUT2D eigenvalue weighted by molar-refractivity contribution is -0.144.